The van der Waals surface area contributed by atoms with E-state index in [1.807, 2.05) is 0 Å². The predicted octanol–water partition coefficient (Wildman–Crippen LogP) is 2.38. The monoisotopic (exact) mass is 276 g/mol. The second-order valence-corrected chi connectivity index (χ2v) is 3.82. The van der Waals surface area contributed by atoms with Crippen LogP contribution in [-0.2, 0) is 6.18 Å². The van der Waals surface area contributed by atoms with E-state index in [0.717, 1.165) is 12.1 Å². The normalized spacial score (nSPS) is 13.1. The standard InChI is InChI=1S/C12H12F4N2O/c13-8-2-3-9(10(6-8)12(14,15)16)11(7-17)18-4-1-5-19/h2-3,6,11,18-19H,1,4-5H2. The van der Waals surface area contributed by atoms with Crippen LogP contribution in [-0.4, -0.2) is 18.3 Å². The van der Waals surface area contributed by atoms with Crippen molar-refractivity contribution in [1.29, 1.82) is 5.26 Å². The Bertz CT molecular complexity index is 468. The molecule has 1 aromatic rings. The van der Waals surface area contributed by atoms with E-state index in [-0.39, 0.29) is 18.7 Å². The maximum absolute atomic E-state index is 12.9. The van der Waals surface area contributed by atoms with Gasteiger partial charge in [0.15, 0.2) is 0 Å². The van der Waals surface area contributed by atoms with Crippen LogP contribution in [0.15, 0.2) is 18.2 Å². The molecule has 0 fully saturated rings. The molecule has 3 nitrogen and oxygen atoms in total. The van der Waals surface area contributed by atoms with Crippen LogP contribution in [0, 0.1) is 17.1 Å². The molecule has 0 bridgehead atoms. The van der Waals surface area contributed by atoms with Gasteiger partial charge in [-0.15, -0.1) is 0 Å². The Morgan fingerprint density at radius 2 is 2.05 bits per heavy atom. The molecule has 1 atom stereocenters. The first-order chi connectivity index (χ1) is 8.90. The van der Waals surface area contributed by atoms with Crippen LogP contribution in [0.4, 0.5) is 17.6 Å². The summed E-state index contributed by atoms with van der Waals surface area (Å²) in [4.78, 5) is 0. The van der Waals surface area contributed by atoms with Crippen molar-refractivity contribution in [2.24, 2.45) is 0 Å². The topological polar surface area (TPSA) is 56.0 Å². The largest absolute Gasteiger partial charge is 0.416 e. The summed E-state index contributed by atoms with van der Waals surface area (Å²) < 4.78 is 51.2. The molecule has 1 aromatic carbocycles. The number of nitrogens with one attached hydrogen (secondary N) is 1. The van der Waals surface area contributed by atoms with Crippen molar-refractivity contribution in [2.75, 3.05) is 13.2 Å². The van der Waals surface area contributed by atoms with Crippen LogP contribution in [0.1, 0.15) is 23.6 Å². The Balaban J connectivity index is 3.07. The van der Waals surface area contributed by atoms with Gasteiger partial charge >= 0.3 is 6.18 Å². The first-order valence-electron chi connectivity index (χ1n) is 5.50. The third kappa shape index (κ3) is 4.19. The zero-order valence-electron chi connectivity index (χ0n) is 9.84. The summed E-state index contributed by atoms with van der Waals surface area (Å²) in [5.74, 6) is -1.01. The summed E-state index contributed by atoms with van der Waals surface area (Å²) >= 11 is 0. The average molecular weight is 276 g/mol. The maximum atomic E-state index is 12.9. The molecule has 104 valence electrons. The van der Waals surface area contributed by atoms with E-state index in [9.17, 15) is 17.6 Å². The molecule has 0 amide bonds. The summed E-state index contributed by atoms with van der Waals surface area (Å²) in [5.41, 5.74) is -1.50. The van der Waals surface area contributed by atoms with Crippen LogP contribution in [0.3, 0.4) is 0 Å². The van der Waals surface area contributed by atoms with Crippen LogP contribution in [0.5, 0.6) is 0 Å². The van der Waals surface area contributed by atoms with Gasteiger partial charge in [0.1, 0.15) is 11.9 Å². The quantitative estimate of drug-likeness (QED) is 0.641. The van der Waals surface area contributed by atoms with Crippen LogP contribution in [0.25, 0.3) is 0 Å². The van der Waals surface area contributed by atoms with Crippen LogP contribution < -0.4 is 5.32 Å². The number of aliphatic hydroxyl groups excluding tert-OH is 1. The van der Waals surface area contributed by atoms with Crippen molar-refractivity contribution in [3.05, 3.63) is 35.1 Å². The highest BCUT2D eigenvalue weighted by molar-refractivity contribution is 5.35. The zero-order chi connectivity index (χ0) is 14.5. The second kappa shape index (κ2) is 6.50. The summed E-state index contributed by atoms with van der Waals surface area (Å²) in [6.07, 6.45) is -4.42. The lowest BCUT2D eigenvalue weighted by molar-refractivity contribution is -0.138. The Morgan fingerprint density at radius 1 is 1.37 bits per heavy atom. The van der Waals surface area contributed by atoms with E-state index in [1.165, 1.54) is 0 Å². The van der Waals surface area contributed by atoms with Gasteiger partial charge in [0, 0.05) is 6.61 Å². The van der Waals surface area contributed by atoms with E-state index in [1.54, 1.807) is 6.07 Å². The molecule has 0 aromatic heterocycles. The molecule has 2 N–H and O–H groups in total. The molecule has 7 heteroatoms. The lowest BCUT2D eigenvalue weighted by atomic mass is 10.0. The van der Waals surface area contributed by atoms with Crippen molar-refractivity contribution in [2.45, 2.75) is 18.6 Å². The molecular weight excluding hydrogens is 264 g/mol. The minimum atomic E-state index is -4.73. The van der Waals surface area contributed by atoms with E-state index >= 15 is 0 Å². The number of hydrogen-bond donors (Lipinski definition) is 2. The zero-order valence-corrected chi connectivity index (χ0v) is 9.84. The van der Waals surface area contributed by atoms with Crippen molar-refractivity contribution in [1.82, 2.24) is 5.32 Å². The fraction of sp³-hybridized carbons (Fsp3) is 0.417. The number of nitriles is 1. The fourth-order valence-electron chi connectivity index (χ4n) is 1.58. The number of rotatable bonds is 5. The van der Waals surface area contributed by atoms with E-state index < -0.39 is 23.6 Å². The summed E-state index contributed by atoms with van der Waals surface area (Å²) in [6.45, 7) is 0.0457. The molecule has 0 aliphatic carbocycles. The van der Waals surface area contributed by atoms with Crippen molar-refractivity contribution in [3.63, 3.8) is 0 Å². The first-order valence-corrected chi connectivity index (χ1v) is 5.50. The Labute approximate surface area is 107 Å². The Kier molecular flexibility index (Phi) is 5.27. The molecule has 0 heterocycles. The third-order valence-electron chi connectivity index (χ3n) is 2.44. The molecule has 0 radical (unpaired) electrons. The van der Waals surface area contributed by atoms with Gasteiger partial charge in [0.25, 0.3) is 0 Å². The second-order valence-electron chi connectivity index (χ2n) is 3.82. The summed E-state index contributed by atoms with van der Waals surface area (Å²) in [6, 6.07) is 2.68. The molecule has 0 saturated heterocycles. The van der Waals surface area contributed by atoms with Crippen molar-refractivity contribution >= 4 is 0 Å². The van der Waals surface area contributed by atoms with E-state index in [4.69, 9.17) is 10.4 Å². The smallest absolute Gasteiger partial charge is 0.396 e. The summed E-state index contributed by atoms with van der Waals surface area (Å²) in [5, 5.41) is 20.1. The third-order valence-corrected chi connectivity index (χ3v) is 2.44. The minimum Gasteiger partial charge on any atom is -0.396 e. The average Bonchev–Trinajstić information content (AvgIpc) is 2.34. The van der Waals surface area contributed by atoms with Gasteiger partial charge in [-0.25, -0.2) is 4.39 Å². The molecule has 0 saturated carbocycles. The van der Waals surface area contributed by atoms with Crippen molar-refractivity contribution in [3.8, 4) is 6.07 Å². The van der Waals surface area contributed by atoms with Crippen LogP contribution >= 0.6 is 0 Å². The van der Waals surface area contributed by atoms with Gasteiger partial charge in [-0.05, 0) is 30.7 Å². The molecule has 0 aliphatic heterocycles. The number of benzene rings is 1. The number of halogens is 4. The molecule has 1 rings (SSSR count). The molecule has 1 unspecified atom stereocenters. The SMILES string of the molecule is N#CC(NCCCO)c1ccc(F)cc1C(F)(F)F. The minimum absolute atomic E-state index is 0.138. The number of aliphatic hydroxyl groups is 1. The van der Waals surface area contributed by atoms with Crippen LogP contribution in [0.2, 0.25) is 0 Å². The first kappa shape index (κ1) is 15.4. The highest BCUT2D eigenvalue weighted by Crippen LogP contribution is 2.35. The molecule has 0 spiro atoms. The van der Waals surface area contributed by atoms with Gasteiger partial charge in [-0.3, -0.25) is 5.32 Å². The van der Waals surface area contributed by atoms with E-state index in [2.05, 4.69) is 5.32 Å². The summed E-state index contributed by atoms with van der Waals surface area (Å²) in [7, 11) is 0. The maximum Gasteiger partial charge on any atom is 0.416 e. The lowest BCUT2D eigenvalue weighted by Gasteiger charge is -2.17. The molecular formula is C12H12F4N2O. The highest BCUT2D eigenvalue weighted by atomic mass is 19.4. The molecule has 0 aliphatic rings. The number of alkyl halides is 3. The van der Waals surface area contributed by atoms with Gasteiger partial charge in [0.2, 0.25) is 0 Å². The van der Waals surface area contributed by atoms with Gasteiger partial charge in [-0.2, -0.15) is 18.4 Å². The molecule has 19 heavy (non-hydrogen) atoms. The predicted molar refractivity (Wildman–Crippen MR) is 59.5 cm³/mol. The number of nitrogens with zero attached hydrogens (tertiary/aromatic N) is 1. The van der Waals surface area contributed by atoms with Gasteiger partial charge in [0.05, 0.1) is 11.6 Å². The highest BCUT2D eigenvalue weighted by Gasteiger charge is 2.35. The van der Waals surface area contributed by atoms with Gasteiger partial charge < -0.3 is 5.11 Å². The fourth-order valence-corrected chi connectivity index (χ4v) is 1.58. The van der Waals surface area contributed by atoms with Gasteiger partial charge in [-0.1, -0.05) is 6.07 Å². The number of hydrogen-bond acceptors (Lipinski definition) is 3. The van der Waals surface area contributed by atoms with Crippen molar-refractivity contribution < 1.29 is 22.7 Å². The Hall–Kier alpha value is -1.65. The Morgan fingerprint density at radius 3 is 2.58 bits per heavy atom. The lowest BCUT2D eigenvalue weighted by Crippen LogP contribution is -2.24. The van der Waals surface area contributed by atoms with E-state index in [0.29, 0.717) is 12.5 Å².